The van der Waals surface area contributed by atoms with Gasteiger partial charge < -0.3 is 15.7 Å². The van der Waals surface area contributed by atoms with Crippen molar-refractivity contribution in [3.05, 3.63) is 94.9 Å². The zero-order chi connectivity index (χ0) is 22.9. The van der Waals surface area contributed by atoms with E-state index in [0.29, 0.717) is 44.9 Å². The Hall–Kier alpha value is -4.17. The second-order valence-electron chi connectivity index (χ2n) is 7.54. The molecule has 0 saturated carbocycles. The maximum atomic E-state index is 13.4. The fraction of sp³-hybridized carbons (Fsp3) is 0.0833. The van der Waals surface area contributed by atoms with Crippen molar-refractivity contribution in [3.8, 4) is 17.1 Å². The Morgan fingerprint density at radius 1 is 1.15 bits per heavy atom. The second-order valence-corrected chi connectivity index (χ2v) is 7.95. The summed E-state index contributed by atoms with van der Waals surface area (Å²) in [5, 5.41) is 21.4. The number of carbonyl (C=O) groups excluding carboxylic acids is 1. The molecule has 9 heteroatoms. The van der Waals surface area contributed by atoms with Crippen molar-refractivity contribution in [2.24, 2.45) is 0 Å². The fourth-order valence-corrected chi connectivity index (χ4v) is 4.06. The van der Waals surface area contributed by atoms with Crippen molar-refractivity contribution in [2.75, 3.05) is 10.6 Å². The summed E-state index contributed by atoms with van der Waals surface area (Å²) in [6.45, 7) is 1.81. The minimum absolute atomic E-state index is 0.0868. The molecule has 0 saturated heterocycles. The first-order valence-corrected chi connectivity index (χ1v) is 10.6. The topological polar surface area (TPSA) is 105 Å². The van der Waals surface area contributed by atoms with E-state index in [1.807, 2.05) is 24.3 Å². The summed E-state index contributed by atoms with van der Waals surface area (Å²) in [6.07, 6.45) is 3.21. The number of pyridine rings is 1. The van der Waals surface area contributed by atoms with Crippen molar-refractivity contribution < 1.29 is 9.90 Å². The number of nitrogens with zero attached hydrogens (tertiary/aromatic N) is 4. The predicted octanol–water partition coefficient (Wildman–Crippen LogP) is 4.63. The molecule has 164 valence electrons. The highest BCUT2D eigenvalue weighted by atomic mass is 35.5. The molecule has 1 aliphatic heterocycles. The molecule has 0 aliphatic carbocycles. The van der Waals surface area contributed by atoms with E-state index in [-0.39, 0.29) is 11.7 Å². The van der Waals surface area contributed by atoms with Gasteiger partial charge in [-0.25, -0.2) is 4.68 Å². The standard InChI is InChI=1S/C24H19ClN6O2/c1-14-20(23(33)28-16-7-5-11-26-13-16)21(15-6-4-8-17(32)12-15)31-24(27-14)29-22(30-31)18-9-2-3-10-19(18)25/h2-13,21,32H,1H3,(H,28,33)(H,27,29,30). The first kappa shape index (κ1) is 20.7. The third-order valence-electron chi connectivity index (χ3n) is 5.32. The van der Waals surface area contributed by atoms with E-state index in [4.69, 9.17) is 16.7 Å². The Kier molecular flexibility index (Phi) is 5.27. The number of nitrogens with one attached hydrogen (secondary N) is 2. The number of fused-ring (bicyclic) bond motifs is 1. The number of phenols is 1. The highest BCUT2D eigenvalue weighted by Gasteiger charge is 2.34. The largest absolute Gasteiger partial charge is 0.508 e. The van der Waals surface area contributed by atoms with Crippen LogP contribution < -0.4 is 10.6 Å². The van der Waals surface area contributed by atoms with Gasteiger partial charge in [-0.2, -0.15) is 4.98 Å². The van der Waals surface area contributed by atoms with Gasteiger partial charge in [-0.3, -0.25) is 9.78 Å². The summed E-state index contributed by atoms with van der Waals surface area (Å²) >= 11 is 6.37. The van der Waals surface area contributed by atoms with Crippen LogP contribution in [0.4, 0.5) is 11.6 Å². The van der Waals surface area contributed by atoms with Crippen LogP contribution in [0.25, 0.3) is 11.4 Å². The maximum absolute atomic E-state index is 13.4. The maximum Gasteiger partial charge on any atom is 0.255 e. The lowest BCUT2D eigenvalue weighted by molar-refractivity contribution is -0.113. The van der Waals surface area contributed by atoms with Crippen molar-refractivity contribution in [1.82, 2.24) is 19.7 Å². The number of phenolic OH excluding ortho intramolecular Hbond substituents is 1. The molecule has 8 nitrogen and oxygen atoms in total. The van der Waals surface area contributed by atoms with Crippen LogP contribution in [0.5, 0.6) is 5.75 Å². The number of anilines is 2. The van der Waals surface area contributed by atoms with Gasteiger partial charge in [-0.1, -0.05) is 35.9 Å². The number of halogens is 1. The van der Waals surface area contributed by atoms with Gasteiger partial charge in [0.25, 0.3) is 5.91 Å². The molecule has 0 spiro atoms. The Bertz CT molecular complexity index is 1380. The van der Waals surface area contributed by atoms with Crippen LogP contribution in [0, 0.1) is 0 Å². The van der Waals surface area contributed by atoms with Crippen LogP contribution in [0.3, 0.4) is 0 Å². The predicted molar refractivity (Wildman–Crippen MR) is 126 cm³/mol. The normalized spacial score (nSPS) is 15.0. The van der Waals surface area contributed by atoms with E-state index < -0.39 is 6.04 Å². The van der Waals surface area contributed by atoms with E-state index in [9.17, 15) is 9.90 Å². The zero-order valence-corrected chi connectivity index (χ0v) is 18.3. The number of allylic oxidation sites excluding steroid dienone is 1. The number of aromatic hydroxyl groups is 1. The van der Waals surface area contributed by atoms with Crippen LogP contribution in [0.15, 0.2) is 84.3 Å². The van der Waals surface area contributed by atoms with E-state index in [1.165, 1.54) is 0 Å². The van der Waals surface area contributed by atoms with Gasteiger partial charge in [-0.05, 0) is 48.9 Å². The van der Waals surface area contributed by atoms with Crippen LogP contribution in [0.1, 0.15) is 18.5 Å². The lowest BCUT2D eigenvalue weighted by atomic mass is 9.95. The number of amides is 1. The molecule has 3 heterocycles. The third-order valence-corrected chi connectivity index (χ3v) is 5.65. The molecule has 1 unspecified atom stereocenters. The van der Waals surface area contributed by atoms with E-state index in [0.717, 1.165) is 0 Å². The average Bonchev–Trinajstić information content (AvgIpc) is 3.22. The molecular weight excluding hydrogens is 440 g/mol. The number of hydrogen-bond donors (Lipinski definition) is 3. The number of hydrogen-bond acceptors (Lipinski definition) is 6. The van der Waals surface area contributed by atoms with E-state index >= 15 is 0 Å². The van der Waals surface area contributed by atoms with Crippen molar-refractivity contribution in [3.63, 3.8) is 0 Å². The molecule has 0 bridgehead atoms. The Morgan fingerprint density at radius 2 is 2.00 bits per heavy atom. The van der Waals surface area contributed by atoms with Crippen molar-refractivity contribution >= 4 is 29.1 Å². The van der Waals surface area contributed by atoms with Crippen molar-refractivity contribution in [1.29, 1.82) is 0 Å². The summed E-state index contributed by atoms with van der Waals surface area (Å²) in [5.74, 6) is 0.661. The molecule has 2 aromatic carbocycles. The van der Waals surface area contributed by atoms with Crippen LogP contribution in [0.2, 0.25) is 5.02 Å². The van der Waals surface area contributed by atoms with Crippen LogP contribution >= 0.6 is 11.6 Å². The van der Waals surface area contributed by atoms with Gasteiger partial charge in [0.05, 0.1) is 22.5 Å². The minimum atomic E-state index is -0.631. The van der Waals surface area contributed by atoms with E-state index in [2.05, 4.69) is 20.6 Å². The quantitative estimate of drug-likeness (QED) is 0.412. The molecule has 1 amide bonds. The van der Waals surface area contributed by atoms with Gasteiger partial charge in [0.2, 0.25) is 5.95 Å². The summed E-state index contributed by atoms with van der Waals surface area (Å²) in [5.41, 5.74) is 2.99. The molecule has 0 radical (unpaired) electrons. The summed E-state index contributed by atoms with van der Waals surface area (Å²) in [6, 6.07) is 16.9. The molecule has 1 atom stereocenters. The molecule has 33 heavy (non-hydrogen) atoms. The number of carbonyl (C=O) groups is 1. The van der Waals surface area contributed by atoms with Gasteiger partial charge in [0, 0.05) is 17.5 Å². The molecule has 5 rings (SSSR count). The number of aromatic nitrogens is 4. The van der Waals surface area contributed by atoms with Gasteiger partial charge in [0.1, 0.15) is 11.8 Å². The lowest BCUT2D eigenvalue weighted by Gasteiger charge is -2.28. The van der Waals surface area contributed by atoms with Gasteiger partial charge >= 0.3 is 0 Å². The lowest BCUT2D eigenvalue weighted by Crippen LogP contribution is -2.31. The minimum Gasteiger partial charge on any atom is -0.508 e. The average molecular weight is 459 g/mol. The first-order chi connectivity index (χ1) is 16.0. The zero-order valence-electron chi connectivity index (χ0n) is 17.5. The molecule has 4 aromatic rings. The molecule has 3 N–H and O–H groups in total. The van der Waals surface area contributed by atoms with E-state index in [1.54, 1.807) is 60.4 Å². The van der Waals surface area contributed by atoms with Crippen LogP contribution in [-0.2, 0) is 4.79 Å². The Balaban J connectivity index is 1.63. The molecule has 1 aliphatic rings. The summed E-state index contributed by atoms with van der Waals surface area (Å²) < 4.78 is 1.64. The molecular formula is C24H19ClN6O2. The molecule has 2 aromatic heterocycles. The monoisotopic (exact) mass is 458 g/mol. The number of benzene rings is 2. The van der Waals surface area contributed by atoms with Crippen molar-refractivity contribution in [2.45, 2.75) is 13.0 Å². The summed E-state index contributed by atoms with van der Waals surface area (Å²) in [4.78, 5) is 22.1. The second kappa shape index (κ2) is 8.40. The van der Waals surface area contributed by atoms with Gasteiger partial charge in [0.15, 0.2) is 5.82 Å². The SMILES string of the molecule is CC1=C(C(=O)Nc2cccnc2)C(c2cccc(O)c2)n2nc(-c3ccccc3Cl)nc2N1. The number of rotatable bonds is 4. The fourth-order valence-electron chi connectivity index (χ4n) is 3.84. The highest BCUT2D eigenvalue weighted by molar-refractivity contribution is 6.33. The smallest absolute Gasteiger partial charge is 0.255 e. The summed E-state index contributed by atoms with van der Waals surface area (Å²) in [7, 11) is 0. The Labute approximate surface area is 194 Å². The van der Waals surface area contributed by atoms with Crippen LogP contribution in [-0.4, -0.2) is 30.8 Å². The van der Waals surface area contributed by atoms with Gasteiger partial charge in [-0.15, -0.1) is 5.10 Å². The third kappa shape index (κ3) is 3.92. The first-order valence-electron chi connectivity index (χ1n) is 10.2. The molecule has 0 fully saturated rings. The highest BCUT2D eigenvalue weighted by Crippen LogP contribution is 2.38. The Morgan fingerprint density at radius 3 is 2.76 bits per heavy atom.